The molecule has 1 saturated heterocycles. The Balaban J connectivity index is 1.31. The molecule has 4 heterocycles. The summed E-state index contributed by atoms with van der Waals surface area (Å²) in [7, 11) is 1.34. The summed E-state index contributed by atoms with van der Waals surface area (Å²) >= 11 is 0. The van der Waals surface area contributed by atoms with E-state index >= 15 is 0 Å². The van der Waals surface area contributed by atoms with Crippen LogP contribution in [0.4, 0.5) is 0 Å². The molecule has 29 heavy (non-hydrogen) atoms. The fourth-order valence-corrected chi connectivity index (χ4v) is 3.61. The molecule has 1 fully saturated rings. The van der Waals surface area contributed by atoms with Gasteiger partial charge in [-0.3, -0.25) is 4.90 Å². The van der Waals surface area contributed by atoms with E-state index in [9.17, 15) is 4.79 Å². The van der Waals surface area contributed by atoms with E-state index < -0.39 is 5.97 Å². The van der Waals surface area contributed by atoms with Crippen molar-refractivity contribution in [2.45, 2.75) is 31.9 Å². The van der Waals surface area contributed by atoms with Crippen molar-refractivity contribution < 1.29 is 23.7 Å². The second-order valence-electron chi connectivity index (χ2n) is 7.14. The number of hydrogen-bond donors (Lipinski definition) is 0. The topological polar surface area (TPSA) is 83.0 Å². The number of carbonyl (C=O) groups excluding carboxylic acids is 1. The largest absolute Gasteiger partial charge is 0.489 e. The highest BCUT2D eigenvalue weighted by Gasteiger charge is 2.26. The average Bonchev–Trinajstić information content (AvgIpc) is 2.79. The Kier molecular flexibility index (Phi) is 5.80. The highest BCUT2D eigenvalue weighted by molar-refractivity contribution is 5.87. The van der Waals surface area contributed by atoms with Gasteiger partial charge >= 0.3 is 5.97 Å². The van der Waals surface area contributed by atoms with E-state index in [1.165, 1.54) is 7.11 Å². The van der Waals surface area contributed by atoms with Gasteiger partial charge in [0.05, 0.1) is 19.0 Å². The third-order valence-electron chi connectivity index (χ3n) is 5.31. The quantitative estimate of drug-likeness (QED) is 0.710. The van der Waals surface area contributed by atoms with Crippen molar-refractivity contribution in [3.8, 4) is 17.4 Å². The van der Waals surface area contributed by atoms with Gasteiger partial charge in [-0.15, -0.1) is 0 Å². The molecule has 8 heteroatoms. The summed E-state index contributed by atoms with van der Waals surface area (Å²) in [5.74, 6) is 1.51. The fourth-order valence-electron chi connectivity index (χ4n) is 3.61. The third kappa shape index (κ3) is 4.42. The number of aromatic nitrogens is 2. The maximum atomic E-state index is 11.5. The lowest BCUT2D eigenvalue weighted by Crippen LogP contribution is -2.39. The van der Waals surface area contributed by atoms with Crippen LogP contribution in [0.25, 0.3) is 0 Å². The zero-order valence-electron chi connectivity index (χ0n) is 16.7. The molecular weight excluding hydrogens is 374 g/mol. The van der Waals surface area contributed by atoms with E-state index in [0.717, 1.165) is 31.6 Å². The molecule has 0 aliphatic carbocycles. The van der Waals surface area contributed by atoms with Gasteiger partial charge in [-0.2, -0.15) is 0 Å². The van der Waals surface area contributed by atoms with Gasteiger partial charge in [-0.05, 0) is 44.0 Å². The number of pyridine rings is 2. The van der Waals surface area contributed by atoms with Crippen molar-refractivity contribution in [1.82, 2.24) is 14.9 Å². The van der Waals surface area contributed by atoms with Crippen LogP contribution in [0.2, 0.25) is 0 Å². The smallest absolute Gasteiger partial charge is 0.356 e. The molecule has 154 valence electrons. The second-order valence-corrected chi connectivity index (χ2v) is 7.14. The number of nitrogens with zero attached hydrogens (tertiary/aromatic N) is 3. The summed E-state index contributed by atoms with van der Waals surface area (Å²) in [5.41, 5.74) is 1.26. The lowest BCUT2D eigenvalue weighted by atomic mass is 10.0. The number of carbonyl (C=O) groups is 1. The zero-order chi connectivity index (χ0) is 20.2. The molecule has 4 rings (SSSR count). The van der Waals surface area contributed by atoms with E-state index in [0.29, 0.717) is 30.6 Å². The number of methoxy groups -OCH3 is 1. The van der Waals surface area contributed by atoms with Crippen LogP contribution in [-0.2, 0) is 4.74 Å². The Morgan fingerprint density at radius 2 is 1.97 bits per heavy atom. The van der Waals surface area contributed by atoms with E-state index in [1.54, 1.807) is 18.3 Å². The molecule has 1 atom stereocenters. The van der Waals surface area contributed by atoms with Gasteiger partial charge < -0.3 is 18.9 Å². The van der Waals surface area contributed by atoms with Gasteiger partial charge in [0.25, 0.3) is 5.88 Å². The molecule has 2 aromatic rings. The maximum Gasteiger partial charge on any atom is 0.356 e. The first kappa shape index (κ1) is 19.4. The van der Waals surface area contributed by atoms with E-state index in [1.807, 2.05) is 12.1 Å². The molecule has 2 aliphatic heterocycles. The Labute approximate surface area is 169 Å². The number of hydrogen-bond acceptors (Lipinski definition) is 8. The van der Waals surface area contributed by atoms with Gasteiger partial charge in [0.2, 0.25) is 0 Å². The zero-order valence-corrected chi connectivity index (χ0v) is 16.7. The first-order chi connectivity index (χ1) is 14.1. The molecule has 0 amide bonds. The van der Waals surface area contributed by atoms with Gasteiger partial charge in [-0.25, -0.2) is 14.8 Å². The van der Waals surface area contributed by atoms with Crippen LogP contribution < -0.4 is 14.2 Å². The SMILES string of the molecule is COC(=O)c1ccc(OC2CCN(C(C)c3ccc4c(n3)OCCO4)CC2)cn1. The molecular formula is C21H25N3O5. The van der Waals surface area contributed by atoms with Crippen LogP contribution in [0.1, 0.15) is 42.0 Å². The van der Waals surface area contributed by atoms with E-state index in [4.69, 9.17) is 14.2 Å². The molecule has 0 N–H and O–H groups in total. The molecule has 0 saturated carbocycles. The van der Waals surface area contributed by atoms with Crippen LogP contribution in [-0.4, -0.2) is 60.4 Å². The van der Waals surface area contributed by atoms with Crippen molar-refractivity contribution >= 4 is 5.97 Å². The fraction of sp³-hybridized carbons (Fsp3) is 0.476. The minimum absolute atomic E-state index is 0.123. The Morgan fingerprint density at radius 3 is 2.69 bits per heavy atom. The van der Waals surface area contributed by atoms with Crippen LogP contribution >= 0.6 is 0 Å². The van der Waals surface area contributed by atoms with Crippen molar-refractivity contribution in [3.05, 3.63) is 41.9 Å². The first-order valence-electron chi connectivity index (χ1n) is 9.85. The minimum Gasteiger partial charge on any atom is -0.489 e. The van der Waals surface area contributed by atoms with Gasteiger partial charge in [0.1, 0.15) is 30.8 Å². The molecule has 0 aromatic carbocycles. The predicted octanol–water partition coefficient (Wildman–Crippen LogP) is 2.64. The van der Waals surface area contributed by atoms with Crippen molar-refractivity contribution in [1.29, 1.82) is 0 Å². The van der Waals surface area contributed by atoms with Crippen molar-refractivity contribution in [2.24, 2.45) is 0 Å². The number of rotatable bonds is 5. The third-order valence-corrected chi connectivity index (χ3v) is 5.31. The summed E-state index contributed by atoms with van der Waals surface area (Å²) in [6, 6.07) is 7.51. The van der Waals surface area contributed by atoms with Crippen LogP contribution in [0.5, 0.6) is 17.4 Å². The number of likely N-dealkylation sites (tertiary alicyclic amines) is 1. The predicted molar refractivity (Wildman–Crippen MR) is 104 cm³/mol. The normalized spacial score (nSPS) is 18.1. The average molecular weight is 399 g/mol. The van der Waals surface area contributed by atoms with Gasteiger partial charge in [-0.1, -0.05) is 0 Å². The molecule has 8 nitrogen and oxygen atoms in total. The summed E-state index contributed by atoms with van der Waals surface area (Å²) in [5, 5.41) is 0. The van der Waals surface area contributed by atoms with Crippen LogP contribution in [0.15, 0.2) is 30.5 Å². The molecule has 1 unspecified atom stereocenters. The van der Waals surface area contributed by atoms with Crippen molar-refractivity contribution in [3.63, 3.8) is 0 Å². The lowest BCUT2D eigenvalue weighted by molar-refractivity contribution is 0.0593. The highest BCUT2D eigenvalue weighted by Crippen LogP contribution is 2.32. The standard InChI is InChI=1S/C21H25N3O5/c1-14(17-5-6-19-20(23-17)28-12-11-27-19)24-9-7-15(8-10-24)29-16-3-4-18(22-13-16)21(25)26-2/h3-6,13-15H,7-12H2,1-2H3. The molecule has 0 bridgehead atoms. The van der Waals surface area contributed by atoms with Crippen LogP contribution in [0, 0.1) is 0 Å². The molecule has 0 radical (unpaired) electrons. The summed E-state index contributed by atoms with van der Waals surface area (Å²) in [6.45, 7) is 5.09. The minimum atomic E-state index is -0.452. The van der Waals surface area contributed by atoms with Gasteiger partial charge in [0, 0.05) is 19.1 Å². The maximum absolute atomic E-state index is 11.5. The monoisotopic (exact) mass is 399 g/mol. The number of esters is 1. The molecule has 2 aromatic heterocycles. The number of ether oxygens (including phenoxy) is 4. The number of piperidine rings is 1. The van der Waals surface area contributed by atoms with E-state index in [2.05, 4.69) is 26.5 Å². The van der Waals surface area contributed by atoms with Gasteiger partial charge in [0.15, 0.2) is 5.75 Å². The molecule has 0 spiro atoms. The Bertz CT molecular complexity index is 850. The summed E-state index contributed by atoms with van der Waals surface area (Å²) < 4.78 is 21.9. The van der Waals surface area contributed by atoms with Crippen LogP contribution in [0.3, 0.4) is 0 Å². The molecule has 2 aliphatic rings. The number of fused-ring (bicyclic) bond motifs is 1. The Hall–Kier alpha value is -2.87. The Morgan fingerprint density at radius 1 is 1.17 bits per heavy atom. The van der Waals surface area contributed by atoms with Crippen molar-refractivity contribution in [2.75, 3.05) is 33.4 Å². The lowest BCUT2D eigenvalue weighted by Gasteiger charge is -2.36. The summed E-state index contributed by atoms with van der Waals surface area (Å²) in [6.07, 6.45) is 3.51. The second kappa shape index (κ2) is 8.65. The summed E-state index contributed by atoms with van der Waals surface area (Å²) in [4.78, 5) is 22.6. The highest BCUT2D eigenvalue weighted by atomic mass is 16.6. The van der Waals surface area contributed by atoms with E-state index in [-0.39, 0.29) is 17.8 Å². The first-order valence-corrected chi connectivity index (χ1v) is 9.85.